The summed E-state index contributed by atoms with van der Waals surface area (Å²) < 4.78 is 0. The van der Waals surface area contributed by atoms with E-state index in [1.807, 2.05) is 73.3 Å². The summed E-state index contributed by atoms with van der Waals surface area (Å²) in [5.41, 5.74) is 4.51. The van der Waals surface area contributed by atoms with Gasteiger partial charge >= 0.3 is 0 Å². The molecule has 0 spiro atoms. The highest BCUT2D eigenvalue weighted by molar-refractivity contribution is 7.13. The number of para-hydroxylation sites is 1. The number of nitrogens with zero attached hydrogens (tertiary/aromatic N) is 2. The Morgan fingerprint density at radius 3 is 2.46 bits per heavy atom. The summed E-state index contributed by atoms with van der Waals surface area (Å²) >= 11 is 1.52. The zero-order valence-electron chi connectivity index (χ0n) is 14.7. The fourth-order valence-electron chi connectivity index (χ4n) is 3.24. The highest BCUT2D eigenvalue weighted by atomic mass is 32.1. The van der Waals surface area contributed by atoms with Crippen LogP contribution in [0.3, 0.4) is 0 Å². The Balaban J connectivity index is 1.72. The van der Waals surface area contributed by atoms with E-state index in [-0.39, 0.29) is 5.76 Å². The van der Waals surface area contributed by atoms with Crippen molar-refractivity contribution < 1.29 is 5.11 Å². The maximum atomic E-state index is 10.6. The molecule has 0 fully saturated rings. The molecular formula is C21H19N3OS. The minimum atomic E-state index is 0.201. The lowest BCUT2D eigenvalue weighted by atomic mass is 10.1. The first-order valence-corrected chi connectivity index (χ1v) is 9.25. The van der Waals surface area contributed by atoms with Crippen molar-refractivity contribution in [2.75, 3.05) is 11.4 Å². The third-order valence-electron chi connectivity index (χ3n) is 4.57. The molecule has 5 heteroatoms. The number of benzene rings is 2. The van der Waals surface area contributed by atoms with Crippen LogP contribution in [0.1, 0.15) is 15.4 Å². The average molecular weight is 361 g/mol. The minimum absolute atomic E-state index is 0.201. The lowest BCUT2D eigenvalue weighted by molar-refractivity contribution is 0.411. The molecule has 1 aromatic heterocycles. The van der Waals surface area contributed by atoms with Crippen LogP contribution in [0.5, 0.6) is 0 Å². The number of aryl methyl sites for hydroxylation is 2. The van der Waals surface area contributed by atoms with Gasteiger partial charge in [-0.1, -0.05) is 48.5 Å². The Bertz CT molecular complexity index is 1020. The largest absolute Gasteiger partial charge is 0.510 e. The molecule has 4 nitrogen and oxygen atoms in total. The van der Waals surface area contributed by atoms with Crippen LogP contribution < -0.4 is 4.90 Å². The zero-order chi connectivity index (χ0) is 18.3. The van der Waals surface area contributed by atoms with Gasteiger partial charge in [-0.15, -0.1) is 11.3 Å². The number of aliphatic hydroxyl groups excluding tert-OH is 1. The van der Waals surface area contributed by atoms with Gasteiger partial charge in [0.1, 0.15) is 16.6 Å². The molecule has 0 atom stereocenters. The number of amidine groups is 1. The normalized spacial score (nSPS) is 14.4. The van der Waals surface area contributed by atoms with Crippen molar-refractivity contribution in [2.24, 2.45) is 0 Å². The van der Waals surface area contributed by atoms with Crippen LogP contribution >= 0.6 is 11.3 Å². The molecule has 0 bridgehead atoms. The molecule has 2 heterocycles. The van der Waals surface area contributed by atoms with E-state index < -0.39 is 0 Å². The molecule has 0 saturated heterocycles. The molecule has 2 aromatic carbocycles. The molecule has 1 aliphatic heterocycles. The first kappa shape index (κ1) is 16.5. The van der Waals surface area contributed by atoms with E-state index in [0.29, 0.717) is 23.0 Å². The number of hydrogen-bond donors (Lipinski definition) is 2. The third-order valence-corrected chi connectivity index (χ3v) is 5.56. The van der Waals surface area contributed by atoms with Gasteiger partial charge in [0.2, 0.25) is 0 Å². The van der Waals surface area contributed by atoms with Crippen LogP contribution in [0.15, 0.2) is 60.4 Å². The van der Waals surface area contributed by atoms with Crippen LogP contribution in [-0.4, -0.2) is 22.5 Å². The Kier molecular flexibility index (Phi) is 4.09. The van der Waals surface area contributed by atoms with Crippen LogP contribution in [0.2, 0.25) is 0 Å². The Hall–Kier alpha value is -2.92. The summed E-state index contributed by atoms with van der Waals surface area (Å²) in [5, 5.41) is 19.9. The molecule has 2 N–H and O–H groups in total. The fraction of sp³-hybridized carbons (Fsp3) is 0.143. The third kappa shape index (κ3) is 2.70. The highest BCUT2D eigenvalue weighted by Crippen LogP contribution is 2.37. The first-order chi connectivity index (χ1) is 12.6. The number of aromatic nitrogens is 1. The molecular weight excluding hydrogens is 342 g/mol. The van der Waals surface area contributed by atoms with Crippen molar-refractivity contribution in [1.29, 1.82) is 5.41 Å². The average Bonchev–Trinajstić information content (AvgIpc) is 3.15. The Morgan fingerprint density at radius 2 is 1.73 bits per heavy atom. The monoisotopic (exact) mass is 361 g/mol. The number of thiazole rings is 1. The summed E-state index contributed by atoms with van der Waals surface area (Å²) in [5.74, 6) is 0.497. The van der Waals surface area contributed by atoms with Gasteiger partial charge < -0.3 is 10.0 Å². The SMILES string of the molecule is Cc1ccccc1N1CC(O)=C(c2nc(-c3ccccc3)c(C)s2)C1=N. The van der Waals surface area contributed by atoms with E-state index in [1.165, 1.54) is 11.3 Å². The van der Waals surface area contributed by atoms with E-state index in [0.717, 1.165) is 27.4 Å². The van der Waals surface area contributed by atoms with Crippen molar-refractivity contribution in [3.8, 4) is 11.3 Å². The highest BCUT2D eigenvalue weighted by Gasteiger charge is 2.32. The van der Waals surface area contributed by atoms with Crippen LogP contribution in [-0.2, 0) is 0 Å². The standard InChI is InChI=1S/C21H19N3OS/c1-13-8-6-7-11-16(13)24-12-17(25)18(20(24)22)21-23-19(14(2)26-21)15-9-4-3-5-10-15/h3-11,22,25H,12H2,1-2H3. The van der Waals surface area contributed by atoms with Crippen molar-refractivity contribution >= 4 is 28.4 Å². The lowest BCUT2D eigenvalue weighted by Gasteiger charge is -2.20. The molecule has 1 aliphatic rings. The van der Waals surface area contributed by atoms with Gasteiger partial charge in [-0.25, -0.2) is 4.98 Å². The quantitative estimate of drug-likeness (QED) is 0.674. The predicted molar refractivity (Wildman–Crippen MR) is 108 cm³/mol. The van der Waals surface area contributed by atoms with Crippen LogP contribution in [0.4, 0.5) is 5.69 Å². The maximum absolute atomic E-state index is 10.6. The summed E-state index contributed by atoms with van der Waals surface area (Å²) in [6.07, 6.45) is 0. The Morgan fingerprint density at radius 1 is 1.04 bits per heavy atom. The first-order valence-electron chi connectivity index (χ1n) is 8.43. The van der Waals surface area contributed by atoms with Crippen molar-refractivity contribution in [3.05, 3.63) is 75.8 Å². The summed E-state index contributed by atoms with van der Waals surface area (Å²) in [7, 11) is 0. The van der Waals surface area contributed by atoms with Crippen molar-refractivity contribution in [3.63, 3.8) is 0 Å². The molecule has 4 rings (SSSR count). The van der Waals surface area contributed by atoms with Gasteiger partial charge in [-0.05, 0) is 25.5 Å². The molecule has 26 heavy (non-hydrogen) atoms. The number of nitrogens with one attached hydrogen (secondary N) is 1. The van der Waals surface area contributed by atoms with Crippen LogP contribution in [0.25, 0.3) is 16.8 Å². The second-order valence-corrected chi connectivity index (χ2v) is 7.54. The summed E-state index contributed by atoms with van der Waals surface area (Å²) in [4.78, 5) is 7.66. The van der Waals surface area contributed by atoms with Gasteiger partial charge in [0.05, 0.1) is 17.8 Å². The van der Waals surface area contributed by atoms with Crippen LogP contribution in [0, 0.1) is 19.3 Å². The molecule has 0 unspecified atom stereocenters. The number of aliphatic hydroxyl groups is 1. The lowest BCUT2D eigenvalue weighted by Crippen LogP contribution is -2.26. The van der Waals surface area contributed by atoms with Gasteiger partial charge in [0, 0.05) is 16.1 Å². The molecule has 0 amide bonds. The number of rotatable bonds is 3. The molecule has 130 valence electrons. The number of hydrogen-bond acceptors (Lipinski definition) is 4. The van der Waals surface area contributed by atoms with E-state index in [4.69, 9.17) is 10.4 Å². The van der Waals surface area contributed by atoms with Crippen molar-refractivity contribution in [2.45, 2.75) is 13.8 Å². The second-order valence-electron chi connectivity index (χ2n) is 6.33. The molecule has 0 radical (unpaired) electrons. The van der Waals surface area contributed by atoms with E-state index in [1.54, 1.807) is 0 Å². The fourth-order valence-corrected chi connectivity index (χ4v) is 4.25. The Labute approximate surface area is 156 Å². The van der Waals surface area contributed by atoms with E-state index in [2.05, 4.69) is 0 Å². The molecule has 0 aliphatic carbocycles. The van der Waals surface area contributed by atoms with Gasteiger partial charge in [0.25, 0.3) is 0 Å². The minimum Gasteiger partial charge on any atom is -0.510 e. The van der Waals surface area contributed by atoms with Gasteiger partial charge in [-0.3, -0.25) is 5.41 Å². The molecule has 3 aromatic rings. The summed E-state index contributed by atoms with van der Waals surface area (Å²) in [6.45, 7) is 4.34. The maximum Gasteiger partial charge on any atom is 0.139 e. The zero-order valence-corrected chi connectivity index (χ0v) is 15.5. The molecule has 0 saturated carbocycles. The smallest absolute Gasteiger partial charge is 0.139 e. The van der Waals surface area contributed by atoms with Crippen molar-refractivity contribution in [1.82, 2.24) is 4.98 Å². The van der Waals surface area contributed by atoms with Gasteiger partial charge in [0.15, 0.2) is 0 Å². The number of anilines is 1. The second kappa shape index (κ2) is 6.42. The van der Waals surface area contributed by atoms with Gasteiger partial charge in [-0.2, -0.15) is 0 Å². The predicted octanol–water partition coefficient (Wildman–Crippen LogP) is 5.19. The topological polar surface area (TPSA) is 60.2 Å². The van der Waals surface area contributed by atoms with E-state index >= 15 is 0 Å². The van der Waals surface area contributed by atoms with E-state index in [9.17, 15) is 5.11 Å². The summed E-state index contributed by atoms with van der Waals surface area (Å²) in [6, 6.07) is 17.9.